The fourth-order valence-electron chi connectivity index (χ4n) is 1.18. The lowest BCUT2D eigenvalue weighted by molar-refractivity contribution is 0.561. The van der Waals surface area contributed by atoms with Crippen LogP contribution in [0.25, 0.3) is 0 Å². The second-order valence-electron chi connectivity index (χ2n) is 3.00. The van der Waals surface area contributed by atoms with Gasteiger partial charge in [-0.15, -0.1) is 0 Å². The average molecular weight is 271 g/mol. The van der Waals surface area contributed by atoms with E-state index in [0.29, 0.717) is 11.0 Å². The van der Waals surface area contributed by atoms with E-state index in [1.807, 2.05) is 0 Å². The van der Waals surface area contributed by atoms with Gasteiger partial charge in [0.2, 0.25) is 0 Å². The molecule has 78 valence electrons. The van der Waals surface area contributed by atoms with Crippen LogP contribution in [0.2, 0.25) is 0 Å². The van der Waals surface area contributed by atoms with Gasteiger partial charge in [-0.2, -0.15) is 0 Å². The molecule has 2 rings (SSSR count). The van der Waals surface area contributed by atoms with Crippen molar-refractivity contribution in [2.75, 3.05) is 0 Å². The van der Waals surface area contributed by atoms with E-state index in [0.717, 1.165) is 5.56 Å². The molecule has 0 aliphatic carbocycles. The quantitative estimate of drug-likeness (QED) is 0.883. The molecule has 0 saturated heterocycles. The molecule has 6 heteroatoms. The molecule has 0 aliphatic rings. The van der Waals surface area contributed by atoms with Crippen molar-refractivity contribution in [3.8, 4) is 0 Å². The summed E-state index contributed by atoms with van der Waals surface area (Å²) in [4.78, 5) is 24.6. The van der Waals surface area contributed by atoms with Gasteiger partial charge in [-0.25, -0.2) is 4.79 Å². The fraction of sp³-hybridized carbons (Fsp3) is 0.111. The Morgan fingerprint density at radius 1 is 1.47 bits per heavy atom. The Balaban J connectivity index is 2.42. The van der Waals surface area contributed by atoms with Gasteiger partial charge in [0.05, 0.1) is 23.5 Å². The molecule has 0 amide bonds. The maximum atomic E-state index is 11.4. The highest BCUT2D eigenvalue weighted by Crippen LogP contribution is 2.03. The van der Waals surface area contributed by atoms with Gasteiger partial charge in [0.25, 0.3) is 5.56 Å². The van der Waals surface area contributed by atoms with E-state index in [-0.39, 0.29) is 0 Å². The van der Waals surface area contributed by atoms with Crippen LogP contribution >= 0.6 is 15.9 Å². The van der Waals surface area contributed by atoms with Crippen molar-refractivity contribution in [1.82, 2.24) is 9.55 Å². The van der Waals surface area contributed by atoms with Crippen molar-refractivity contribution >= 4 is 15.9 Å². The van der Waals surface area contributed by atoms with Crippen molar-refractivity contribution in [2.24, 2.45) is 0 Å². The van der Waals surface area contributed by atoms with Gasteiger partial charge in [-0.3, -0.25) is 14.3 Å². The number of halogens is 1. The molecule has 0 aliphatic heterocycles. The monoisotopic (exact) mass is 270 g/mol. The van der Waals surface area contributed by atoms with E-state index < -0.39 is 11.2 Å². The summed E-state index contributed by atoms with van der Waals surface area (Å²) in [5, 5.41) is 0. The Bertz CT molecular complexity index is 568. The number of hydrogen-bond donors (Lipinski definition) is 1. The number of aromatic nitrogens is 2. The molecule has 0 spiro atoms. The first-order valence-electron chi connectivity index (χ1n) is 4.17. The zero-order valence-electron chi connectivity index (χ0n) is 7.57. The van der Waals surface area contributed by atoms with Crippen LogP contribution in [-0.4, -0.2) is 9.55 Å². The minimum atomic E-state index is -0.440. The Kier molecular flexibility index (Phi) is 2.59. The second-order valence-corrected chi connectivity index (χ2v) is 3.85. The molecular weight excluding hydrogens is 264 g/mol. The first-order chi connectivity index (χ1) is 7.16. The molecule has 0 saturated carbocycles. The molecule has 2 aromatic heterocycles. The minimum Gasteiger partial charge on any atom is -0.472 e. The van der Waals surface area contributed by atoms with E-state index in [9.17, 15) is 9.59 Å². The van der Waals surface area contributed by atoms with Crippen LogP contribution < -0.4 is 11.2 Å². The van der Waals surface area contributed by atoms with E-state index in [4.69, 9.17) is 4.42 Å². The Morgan fingerprint density at radius 3 is 2.93 bits per heavy atom. The van der Waals surface area contributed by atoms with Gasteiger partial charge in [-0.05, 0) is 22.0 Å². The molecule has 1 N–H and O–H groups in total. The molecule has 0 fully saturated rings. The van der Waals surface area contributed by atoms with Crippen molar-refractivity contribution < 1.29 is 4.42 Å². The van der Waals surface area contributed by atoms with E-state index in [1.54, 1.807) is 12.3 Å². The van der Waals surface area contributed by atoms with Crippen molar-refractivity contribution in [3.05, 3.63) is 55.7 Å². The molecule has 2 aromatic rings. The van der Waals surface area contributed by atoms with Gasteiger partial charge in [0.15, 0.2) is 0 Å². The van der Waals surface area contributed by atoms with Gasteiger partial charge in [0.1, 0.15) is 0 Å². The van der Waals surface area contributed by atoms with Crippen LogP contribution in [0.4, 0.5) is 0 Å². The van der Waals surface area contributed by atoms with Crippen molar-refractivity contribution in [1.29, 1.82) is 0 Å². The van der Waals surface area contributed by atoms with Crippen LogP contribution in [0.15, 0.2) is 43.3 Å². The molecular formula is C9H7BrN2O3. The molecule has 2 heterocycles. The summed E-state index contributed by atoms with van der Waals surface area (Å²) in [6, 6.07) is 1.76. The second kappa shape index (κ2) is 3.90. The van der Waals surface area contributed by atoms with Gasteiger partial charge < -0.3 is 4.42 Å². The van der Waals surface area contributed by atoms with E-state index in [2.05, 4.69) is 20.9 Å². The SMILES string of the molecule is O=c1[nH]c(=O)n(Cc2ccoc2)cc1Br. The standard InChI is InChI=1S/C9H7BrN2O3/c10-7-4-12(9(14)11-8(7)13)3-6-1-2-15-5-6/h1-2,4-5H,3H2,(H,11,13,14). The average Bonchev–Trinajstić information content (AvgIpc) is 2.67. The number of aromatic amines is 1. The highest BCUT2D eigenvalue weighted by atomic mass is 79.9. The summed E-state index contributed by atoms with van der Waals surface area (Å²) in [6.45, 7) is 0.366. The summed E-state index contributed by atoms with van der Waals surface area (Å²) in [5.41, 5.74) is -0.0103. The molecule has 5 nitrogen and oxygen atoms in total. The molecule has 0 radical (unpaired) electrons. The smallest absolute Gasteiger partial charge is 0.328 e. The predicted octanol–water partition coefficient (Wildman–Crippen LogP) is 0.940. The third-order valence-electron chi connectivity index (χ3n) is 1.90. The Morgan fingerprint density at radius 2 is 2.27 bits per heavy atom. The lowest BCUT2D eigenvalue weighted by atomic mass is 10.3. The minimum absolute atomic E-state index is 0.325. The number of hydrogen-bond acceptors (Lipinski definition) is 3. The lowest BCUT2D eigenvalue weighted by Crippen LogP contribution is -2.29. The van der Waals surface area contributed by atoms with Crippen molar-refractivity contribution in [2.45, 2.75) is 6.54 Å². The summed E-state index contributed by atoms with van der Waals surface area (Å²) < 4.78 is 6.59. The van der Waals surface area contributed by atoms with E-state index >= 15 is 0 Å². The van der Waals surface area contributed by atoms with Crippen LogP contribution in [0, 0.1) is 0 Å². The lowest BCUT2D eigenvalue weighted by Gasteiger charge is -2.02. The van der Waals surface area contributed by atoms with Crippen LogP contribution in [-0.2, 0) is 6.54 Å². The third-order valence-corrected chi connectivity index (χ3v) is 2.47. The van der Waals surface area contributed by atoms with Crippen molar-refractivity contribution in [3.63, 3.8) is 0 Å². The summed E-state index contributed by atoms with van der Waals surface area (Å²) in [6.07, 6.45) is 4.53. The Hall–Kier alpha value is -1.56. The third kappa shape index (κ3) is 2.10. The summed E-state index contributed by atoms with van der Waals surface area (Å²) in [5.74, 6) is 0. The molecule has 15 heavy (non-hydrogen) atoms. The number of furan rings is 1. The van der Waals surface area contributed by atoms with Gasteiger partial charge in [0, 0.05) is 11.8 Å². The topological polar surface area (TPSA) is 68.0 Å². The molecule has 0 aromatic carbocycles. The van der Waals surface area contributed by atoms with Crippen LogP contribution in [0.5, 0.6) is 0 Å². The maximum Gasteiger partial charge on any atom is 0.328 e. The van der Waals surface area contributed by atoms with Gasteiger partial charge in [-0.1, -0.05) is 0 Å². The summed E-state index contributed by atoms with van der Waals surface area (Å²) in [7, 11) is 0. The zero-order valence-corrected chi connectivity index (χ0v) is 9.15. The highest BCUT2D eigenvalue weighted by molar-refractivity contribution is 9.10. The summed E-state index contributed by atoms with van der Waals surface area (Å²) >= 11 is 3.06. The molecule has 0 bridgehead atoms. The van der Waals surface area contributed by atoms with E-state index in [1.165, 1.54) is 17.0 Å². The normalized spacial score (nSPS) is 10.5. The number of H-pyrrole nitrogens is 1. The largest absolute Gasteiger partial charge is 0.472 e. The zero-order chi connectivity index (χ0) is 10.8. The first kappa shape index (κ1) is 9.97. The predicted molar refractivity (Wildman–Crippen MR) is 56.8 cm³/mol. The number of nitrogens with one attached hydrogen (secondary N) is 1. The first-order valence-corrected chi connectivity index (χ1v) is 4.96. The van der Waals surface area contributed by atoms with Gasteiger partial charge >= 0.3 is 5.69 Å². The molecule has 0 unspecified atom stereocenters. The maximum absolute atomic E-state index is 11.4. The highest BCUT2D eigenvalue weighted by Gasteiger charge is 2.03. The van der Waals surface area contributed by atoms with Crippen LogP contribution in [0.1, 0.15) is 5.56 Å². The fourth-order valence-corrected chi connectivity index (χ4v) is 1.53. The number of rotatable bonds is 2. The van der Waals surface area contributed by atoms with Crippen LogP contribution in [0.3, 0.4) is 0 Å². The Labute approximate surface area is 92.5 Å². The number of nitrogens with zero attached hydrogens (tertiary/aromatic N) is 1. The molecule has 0 atom stereocenters.